The molecule has 0 aliphatic carbocycles. The van der Waals surface area contributed by atoms with E-state index < -0.39 is 0 Å². The number of aliphatic hydroxyl groups excluding tert-OH is 1. The van der Waals surface area contributed by atoms with E-state index in [9.17, 15) is 0 Å². The third-order valence-corrected chi connectivity index (χ3v) is 1.78. The molecule has 0 spiro atoms. The summed E-state index contributed by atoms with van der Waals surface area (Å²) in [4.78, 5) is 11.8. The van der Waals surface area contributed by atoms with E-state index >= 15 is 0 Å². The minimum atomic E-state index is 0.0415. The van der Waals surface area contributed by atoms with Crippen LogP contribution in [0.5, 0.6) is 0 Å². The van der Waals surface area contributed by atoms with Crippen molar-refractivity contribution < 1.29 is 5.11 Å². The molecule has 6 nitrogen and oxygen atoms in total. The van der Waals surface area contributed by atoms with E-state index in [0.29, 0.717) is 23.5 Å². The van der Waals surface area contributed by atoms with Crippen molar-refractivity contribution in [3.8, 4) is 0 Å². The highest BCUT2D eigenvalue weighted by molar-refractivity contribution is 5.81. The summed E-state index contributed by atoms with van der Waals surface area (Å²) in [6.45, 7) is 0.494. The van der Waals surface area contributed by atoms with Crippen LogP contribution in [0, 0.1) is 0 Å². The van der Waals surface area contributed by atoms with E-state index in [1.54, 1.807) is 10.9 Å². The van der Waals surface area contributed by atoms with Gasteiger partial charge in [-0.3, -0.25) is 0 Å². The second-order valence-corrected chi connectivity index (χ2v) is 2.59. The van der Waals surface area contributed by atoms with Crippen molar-refractivity contribution in [2.75, 3.05) is 12.3 Å². The van der Waals surface area contributed by atoms with Gasteiger partial charge in [0.1, 0.15) is 11.8 Å². The molecule has 0 radical (unpaired) electrons. The molecule has 2 aromatic heterocycles. The number of imidazole rings is 1. The van der Waals surface area contributed by atoms with Gasteiger partial charge in [0.25, 0.3) is 0 Å². The Kier molecular flexibility index (Phi) is 1.82. The maximum Gasteiger partial charge on any atom is 0.182 e. The van der Waals surface area contributed by atoms with Crippen molar-refractivity contribution in [2.45, 2.75) is 6.54 Å². The number of hydrogen-bond donors (Lipinski definition) is 2. The molecule has 0 aromatic carbocycles. The predicted octanol–water partition coefficient (Wildman–Crippen LogP) is -0.599. The van der Waals surface area contributed by atoms with E-state index in [-0.39, 0.29) is 6.61 Å². The normalized spacial score (nSPS) is 10.8. The molecular formula is C7H9N5O. The molecule has 3 N–H and O–H groups in total. The van der Waals surface area contributed by atoms with E-state index in [1.807, 2.05) is 0 Å². The summed E-state index contributed by atoms with van der Waals surface area (Å²) < 4.78 is 1.73. The predicted molar refractivity (Wildman–Crippen MR) is 46.8 cm³/mol. The molecule has 13 heavy (non-hydrogen) atoms. The molecule has 0 atom stereocenters. The highest BCUT2D eigenvalue weighted by atomic mass is 16.3. The second-order valence-electron chi connectivity index (χ2n) is 2.59. The Morgan fingerprint density at radius 2 is 2.23 bits per heavy atom. The van der Waals surface area contributed by atoms with Gasteiger partial charge in [0.15, 0.2) is 11.5 Å². The maximum absolute atomic E-state index is 8.76. The lowest BCUT2D eigenvalue weighted by Crippen LogP contribution is -2.03. The molecule has 0 aliphatic rings. The van der Waals surface area contributed by atoms with Gasteiger partial charge in [0.05, 0.1) is 12.9 Å². The van der Waals surface area contributed by atoms with E-state index in [1.165, 1.54) is 6.33 Å². The molecule has 2 rings (SSSR count). The number of rotatable bonds is 2. The van der Waals surface area contributed by atoms with Gasteiger partial charge in [-0.05, 0) is 0 Å². The summed E-state index contributed by atoms with van der Waals surface area (Å²) in [5.74, 6) is 0.385. The number of nitrogen functional groups attached to an aromatic ring is 1. The van der Waals surface area contributed by atoms with E-state index in [0.717, 1.165) is 0 Å². The molecule has 0 fully saturated rings. The Hall–Kier alpha value is -1.69. The molecule has 0 amide bonds. The summed E-state index contributed by atoms with van der Waals surface area (Å²) in [5.41, 5.74) is 6.87. The Balaban J connectivity index is 2.64. The number of aromatic nitrogens is 4. The summed E-state index contributed by atoms with van der Waals surface area (Å²) in [7, 11) is 0. The first-order valence-corrected chi connectivity index (χ1v) is 3.85. The lowest BCUT2D eigenvalue weighted by molar-refractivity contribution is 0.278. The largest absolute Gasteiger partial charge is 0.395 e. The van der Waals surface area contributed by atoms with Gasteiger partial charge in [-0.2, -0.15) is 0 Å². The standard InChI is InChI=1S/C7H9N5O/c8-6-5-7(10-3-9-6)11-4-12(5)1-2-13/h3-4,13H,1-2H2,(H2,8,9,10). The lowest BCUT2D eigenvalue weighted by atomic mass is 10.5. The van der Waals surface area contributed by atoms with Crippen LogP contribution in [0.15, 0.2) is 12.7 Å². The fraction of sp³-hybridized carbons (Fsp3) is 0.286. The molecule has 0 saturated heterocycles. The van der Waals surface area contributed by atoms with Gasteiger partial charge in [-0.1, -0.05) is 0 Å². The summed E-state index contributed by atoms with van der Waals surface area (Å²) >= 11 is 0. The van der Waals surface area contributed by atoms with Gasteiger partial charge in [0.2, 0.25) is 0 Å². The first kappa shape index (κ1) is 7.93. The molecular weight excluding hydrogens is 170 g/mol. The van der Waals surface area contributed by atoms with Crippen molar-refractivity contribution in [3.63, 3.8) is 0 Å². The van der Waals surface area contributed by atoms with Crippen LogP contribution in [0.4, 0.5) is 5.82 Å². The fourth-order valence-corrected chi connectivity index (χ4v) is 1.21. The summed E-state index contributed by atoms with van der Waals surface area (Å²) in [5, 5.41) is 8.76. The minimum Gasteiger partial charge on any atom is -0.395 e. The van der Waals surface area contributed by atoms with Crippen LogP contribution in [-0.4, -0.2) is 31.2 Å². The van der Waals surface area contributed by atoms with Crippen molar-refractivity contribution in [1.82, 2.24) is 19.5 Å². The third-order valence-electron chi connectivity index (χ3n) is 1.78. The second kappa shape index (κ2) is 2.98. The zero-order valence-electron chi connectivity index (χ0n) is 6.88. The van der Waals surface area contributed by atoms with Crippen molar-refractivity contribution in [2.24, 2.45) is 0 Å². The first-order chi connectivity index (χ1) is 6.33. The molecule has 6 heteroatoms. The van der Waals surface area contributed by atoms with Crippen molar-refractivity contribution in [3.05, 3.63) is 12.7 Å². The Morgan fingerprint density at radius 3 is 3.00 bits per heavy atom. The molecule has 0 aliphatic heterocycles. The van der Waals surface area contributed by atoms with Crippen molar-refractivity contribution in [1.29, 1.82) is 0 Å². The monoisotopic (exact) mass is 179 g/mol. The van der Waals surface area contributed by atoms with Crippen LogP contribution in [0.2, 0.25) is 0 Å². The molecule has 2 aromatic rings. The zero-order chi connectivity index (χ0) is 9.26. The smallest absolute Gasteiger partial charge is 0.182 e. The van der Waals surface area contributed by atoms with E-state index in [4.69, 9.17) is 10.8 Å². The lowest BCUT2D eigenvalue weighted by Gasteiger charge is -2.01. The Bertz CT molecular complexity index is 424. The average molecular weight is 179 g/mol. The summed E-state index contributed by atoms with van der Waals surface area (Å²) in [6, 6.07) is 0. The maximum atomic E-state index is 8.76. The van der Waals surface area contributed by atoms with E-state index in [2.05, 4.69) is 15.0 Å². The van der Waals surface area contributed by atoms with Crippen LogP contribution in [-0.2, 0) is 6.54 Å². The third kappa shape index (κ3) is 1.20. The number of fused-ring (bicyclic) bond motifs is 1. The van der Waals surface area contributed by atoms with Crippen molar-refractivity contribution >= 4 is 17.0 Å². The number of aliphatic hydroxyl groups is 1. The van der Waals surface area contributed by atoms with Gasteiger partial charge < -0.3 is 15.4 Å². The number of anilines is 1. The Labute approximate surface area is 74.1 Å². The van der Waals surface area contributed by atoms with Crippen LogP contribution in [0.1, 0.15) is 0 Å². The molecule has 0 saturated carbocycles. The quantitative estimate of drug-likeness (QED) is 0.642. The van der Waals surface area contributed by atoms with Gasteiger partial charge >= 0.3 is 0 Å². The summed E-state index contributed by atoms with van der Waals surface area (Å²) in [6.07, 6.45) is 2.96. The number of nitrogens with two attached hydrogens (primary N) is 1. The topological polar surface area (TPSA) is 89.9 Å². The average Bonchev–Trinajstić information content (AvgIpc) is 2.51. The zero-order valence-corrected chi connectivity index (χ0v) is 6.88. The van der Waals surface area contributed by atoms with Crippen LogP contribution in [0.3, 0.4) is 0 Å². The Morgan fingerprint density at radius 1 is 1.38 bits per heavy atom. The van der Waals surface area contributed by atoms with Gasteiger partial charge in [-0.25, -0.2) is 15.0 Å². The molecule has 0 bridgehead atoms. The molecule has 0 unspecified atom stereocenters. The van der Waals surface area contributed by atoms with Gasteiger partial charge in [0, 0.05) is 6.54 Å². The number of hydrogen-bond acceptors (Lipinski definition) is 5. The highest BCUT2D eigenvalue weighted by Crippen LogP contribution is 2.14. The molecule has 68 valence electrons. The highest BCUT2D eigenvalue weighted by Gasteiger charge is 2.06. The molecule has 2 heterocycles. The number of nitrogens with zero attached hydrogens (tertiary/aromatic N) is 4. The minimum absolute atomic E-state index is 0.0415. The van der Waals surface area contributed by atoms with Crippen LogP contribution < -0.4 is 5.73 Å². The van der Waals surface area contributed by atoms with Crippen LogP contribution in [0.25, 0.3) is 11.2 Å². The van der Waals surface area contributed by atoms with Gasteiger partial charge in [-0.15, -0.1) is 0 Å². The van der Waals surface area contributed by atoms with Crippen LogP contribution >= 0.6 is 0 Å². The first-order valence-electron chi connectivity index (χ1n) is 3.85. The fourth-order valence-electron chi connectivity index (χ4n) is 1.21. The SMILES string of the molecule is Nc1ncnc2ncn(CCO)c12.